The summed E-state index contributed by atoms with van der Waals surface area (Å²) in [5.41, 5.74) is 1.82. The van der Waals surface area contributed by atoms with E-state index in [-0.39, 0.29) is 5.91 Å². The molecule has 1 saturated heterocycles. The third-order valence-corrected chi connectivity index (χ3v) is 5.44. The molecule has 1 aliphatic carbocycles. The molecule has 1 amide bonds. The van der Waals surface area contributed by atoms with Crippen LogP contribution in [0.25, 0.3) is 5.52 Å². The second-order valence-corrected chi connectivity index (χ2v) is 7.16. The zero-order chi connectivity index (χ0) is 16.8. The van der Waals surface area contributed by atoms with Crippen LogP contribution in [0.2, 0.25) is 0 Å². The van der Waals surface area contributed by atoms with Gasteiger partial charge in [-0.05, 0) is 43.9 Å². The quantitative estimate of drug-likeness (QED) is 0.739. The van der Waals surface area contributed by atoms with Crippen molar-refractivity contribution in [3.05, 3.63) is 54.4 Å². The topological polar surface area (TPSA) is 55.4 Å². The maximum absolute atomic E-state index is 12.8. The number of carbonyl (C=O) groups is 1. The van der Waals surface area contributed by atoms with Crippen molar-refractivity contribution >= 4 is 11.4 Å². The van der Waals surface area contributed by atoms with E-state index >= 15 is 0 Å². The van der Waals surface area contributed by atoms with Gasteiger partial charge in [0.1, 0.15) is 12.2 Å². The molecule has 3 aromatic rings. The molecule has 0 unspecified atom stereocenters. The van der Waals surface area contributed by atoms with Crippen molar-refractivity contribution in [2.45, 2.75) is 37.6 Å². The van der Waals surface area contributed by atoms with Crippen LogP contribution in [0, 0.1) is 0 Å². The maximum atomic E-state index is 12.8. The lowest BCUT2D eigenvalue weighted by Gasteiger charge is -2.31. The van der Waals surface area contributed by atoms with E-state index in [1.807, 2.05) is 52.3 Å². The van der Waals surface area contributed by atoms with Gasteiger partial charge >= 0.3 is 0 Å². The van der Waals surface area contributed by atoms with Gasteiger partial charge in [-0.2, -0.15) is 0 Å². The summed E-state index contributed by atoms with van der Waals surface area (Å²) in [5.74, 6) is 1.66. The number of carbonyl (C=O) groups excluding carboxylic acids is 1. The van der Waals surface area contributed by atoms with Crippen LogP contribution in [0.5, 0.6) is 0 Å². The molecule has 2 fully saturated rings. The number of fused-ring (bicyclic) bond motifs is 1. The Morgan fingerprint density at radius 2 is 1.96 bits per heavy atom. The van der Waals surface area contributed by atoms with E-state index in [0.717, 1.165) is 42.8 Å². The maximum Gasteiger partial charge on any atom is 0.255 e. The highest BCUT2D eigenvalue weighted by Crippen LogP contribution is 2.38. The zero-order valence-corrected chi connectivity index (χ0v) is 14.1. The van der Waals surface area contributed by atoms with Gasteiger partial charge in [-0.15, -0.1) is 10.2 Å². The van der Waals surface area contributed by atoms with Gasteiger partial charge in [0.15, 0.2) is 0 Å². The average molecular weight is 335 g/mol. The summed E-state index contributed by atoms with van der Waals surface area (Å²) >= 11 is 0. The molecule has 1 aliphatic heterocycles. The van der Waals surface area contributed by atoms with Crippen LogP contribution >= 0.6 is 0 Å². The van der Waals surface area contributed by atoms with Crippen molar-refractivity contribution in [1.29, 1.82) is 0 Å². The molecule has 0 spiro atoms. The van der Waals surface area contributed by atoms with Crippen LogP contribution in [0.15, 0.2) is 43.0 Å². The SMILES string of the molecule is O=C(c1cc2ccccn2c1)N1CCC(c2nncn2C2CC2)CC1. The van der Waals surface area contributed by atoms with E-state index in [2.05, 4.69) is 14.8 Å². The number of amides is 1. The Bertz CT molecular complexity index is 882. The summed E-state index contributed by atoms with van der Waals surface area (Å²) in [5, 5.41) is 8.48. The normalized spacial score (nSPS) is 18.8. The lowest BCUT2D eigenvalue weighted by molar-refractivity contribution is 0.0710. The number of nitrogens with zero attached hydrogens (tertiary/aromatic N) is 5. The molecular weight excluding hydrogens is 314 g/mol. The van der Waals surface area contributed by atoms with E-state index in [1.54, 1.807) is 0 Å². The third kappa shape index (κ3) is 2.62. The molecule has 5 rings (SSSR count). The number of hydrogen-bond acceptors (Lipinski definition) is 3. The van der Waals surface area contributed by atoms with Crippen molar-refractivity contribution in [1.82, 2.24) is 24.1 Å². The van der Waals surface area contributed by atoms with E-state index in [4.69, 9.17) is 0 Å². The molecule has 4 heterocycles. The summed E-state index contributed by atoms with van der Waals surface area (Å²) in [4.78, 5) is 14.8. The molecule has 128 valence electrons. The van der Waals surface area contributed by atoms with Gasteiger partial charge in [-0.25, -0.2) is 0 Å². The second-order valence-electron chi connectivity index (χ2n) is 7.16. The molecule has 3 aromatic heterocycles. The summed E-state index contributed by atoms with van der Waals surface area (Å²) in [6, 6.07) is 8.57. The minimum absolute atomic E-state index is 0.130. The number of hydrogen-bond donors (Lipinski definition) is 0. The number of piperidine rings is 1. The molecule has 25 heavy (non-hydrogen) atoms. The monoisotopic (exact) mass is 335 g/mol. The van der Waals surface area contributed by atoms with Gasteiger partial charge < -0.3 is 13.9 Å². The van der Waals surface area contributed by atoms with Gasteiger partial charge in [0.05, 0.1) is 5.56 Å². The third-order valence-electron chi connectivity index (χ3n) is 5.44. The predicted molar refractivity (Wildman–Crippen MR) is 93.6 cm³/mol. The van der Waals surface area contributed by atoms with Gasteiger partial charge in [0.2, 0.25) is 0 Å². The van der Waals surface area contributed by atoms with Crippen LogP contribution in [0.3, 0.4) is 0 Å². The Hall–Kier alpha value is -2.63. The fraction of sp³-hybridized carbons (Fsp3) is 0.421. The molecule has 2 aliphatic rings. The first-order chi connectivity index (χ1) is 12.3. The average Bonchev–Trinajstić information content (AvgIpc) is 3.22. The highest BCUT2D eigenvalue weighted by Gasteiger charge is 2.32. The van der Waals surface area contributed by atoms with Crippen molar-refractivity contribution in [2.75, 3.05) is 13.1 Å². The summed E-state index contributed by atoms with van der Waals surface area (Å²) < 4.78 is 4.25. The number of rotatable bonds is 3. The first-order valence-electron chi connectivity index (χ1n) is 9.05. The van der Waals surface area contributed by atoms with E-state index < -0.39 is 0 Å². The Balaban J connectivity index is 1.29. The summed E-state index contributed by atoms with van der Waals surface area (Å²) in [6.45, 7) is 1.57. The van der Waals surface area contributed by atoms with E-state index in [0.29, 0.717) is 12.0 Å². The van der Waals surface area contributed by atoms with Crippen molar-refractivity contribution in [2.24, 2.45) is 0 Å². The first-order valence-corrected chi connectivity index (χ1v) is 9.05. The highest BCUT2D eigenvalue weighted by atomic mass is 16.2. The summed E-state index contributed by atoms with van der Waals surface area (Å²) in [6.07, 6.45) is 10.2. The molecule has 0 bridgehead atoms. The minimum atomic E-state index is 0.130. The Morgan fingerprint density at radius 1 is 1.12 bits per heavy atom. The van der Waals surface area contributed by atoms with Crippen LogP contribution in [-0.4, -0.2) is 43.1 Å². The molecule has 0 radical (unpaired) electrons. The largest absolute Gasteiger partial charge is 0.339 e. The summed E-state index contributed by atoms with van der Waals surface area (Å²) in [7, 11) is 0. The molecule has 0 atom stereocenters. The minimum Gasteiger partial charge on any atom is -0.339 e. The van der Waals surface area contributed by atoms with E-state index in [9.17, 15) is 4.79 Å². The van der Waals surface area contributed by atoms with Crippen LogP contribution in [0.1, 0.15) is 53.8 Å². The van der Waals surface area contributed by atoms with Crippen LogP contribution in [0.4, 0.5) is 0 Å². The molecule has 6 nitrogen and oxygen atoms in total. The predicted octanol–water partition coefficient (Wildman–Crippen LogP) is 2.89. The standard InChI is InChI=1S/C19H21N5O/c25-19(15-11-17-3-1-2-8-23(17)12-15)22-9-6-14(7-10-22)18-21-20-13-24(18)16-4-5-16/h1-3,8,11-14,16H,4-7,9-10H2. The lowest BCUT2D eigenvalue weighted by Crippen LogP contribution is -2.38. The molecule has 0 N–H and O–H groups in total. The fourth-order valence-electron chi connectivity index (χ4n) is 3.87. The highest BCUT2D eigenvalue weighted by molar-refractivity contribution is 5.95. The van der Waals surface area contributed by atoms with Gasteiger partial charge in [-0.3, -0.25) is 4.79 Å². The first kappa shape index (κ1) is 14.7. The zero-order valence-electron chi connectivity index (χ0n) is 14.1. The number of aromatic nitrogens is 4. The Kier molecular flexibility index (Phi) is 3.36. The van der Waals surface area contributed by atoms with E-state index in [1.165, 1.54) is 12.8 Å². The van der Waals surface area contributed by atoms with Crippen molar-refractivity contribution in [3.63, 3.8) is 0 Å². The van der Waals surface area contributed by atoms with Crippen LogP contribution in [-0.2, 0) is 0 Å². The van der Waals surface area contributed by atoms with Crippen LogP contribution < -0.4 is 0 Å². The second kappa shape index (κ2) is 5.72. The van der Waals surface area contributed by atoms with Gasteiger partial charge in [-0.1, -0.05) is 6.07 Å². The van der Waals surface area contributed by atoms with Gasteiger partial charge in [0, 0.05) is 43.0 Å². The number of likely N-dealkylation sites (tertiary alicyclic amines) is 1. The number of pyridine rings is 1. The molecule has 0 aromatic carbocycles. The smallest absolute Gasteiger partial charge is 0.255 e. The lowest BCUT2D eigenvalue weighted by atomic mass is 9.95. The molecular formula is C19H21N5O. The van der Waals surface area contributed by atoms with Crippen molar-refractivity contribution in [3.8, 4) is 0 Å². The van der Waals surface area contributed by atoms with Gasteiger partial charge in [0.25, 0.3) is 5.91 Å². The van der Waals surface area contributed by atoms with Crippen molar-refractivity contribution < 1.29 is 4.79 Å². The Morgan fingerprint density at radius 3 is 2.72 bits per heavy atom. The molecule has 1 saturated carbocycles. The fourth-order valence-corrected chi connectivity index (χ4v) is 3.87. The Labute approximate surface area is 146 Å². The molecule has 6 heteroatoms.